The number of aromatic carboxylic acids is 1. The number of aryl methyl sites for hydroxylation is 1. The van der Waals surface area contributed by atoms with Gasteiger partial charge in [-0.3, -0.25) is 0 Å². The minimum Gasteiger partial charge on any atom is -0.477 e. The molecular weight excluding hydrogens is 230 g/mol. The van der Waals surface area contributed by atoms with E-state index in [0.717, 1.165) is 5.56 Å². The van der Waals surface area contributed by atoms with E-state index in [9.17, 15) is 4.79 Å². The van der Waals surface area contributed by atoms with Crippen LogP contribution in [0.3, 0.4) is 0 Å². The SMILES string of the molecule is Cc1onc(-c2ccccc2)c1C(=O)O.Cl. The summed E-state index contributed by atoms with van der Waals surface area (Å²) in [6.45, 7) is 1.59. The first kappa shape index (κ1) is 12.3. The fourth-order valence-electron chi connectivity index (χ4n) is 1.42. The number of benzene rings is 1. The van der Waals surface area contributed by atoms with Gasteiger partial charge in [0.2, 0.25) is 0 Å². The lowest BCUT2D eigenvalue weighted by Crippen LogP contribution is -1.98. The Morgan fingerprint density at radius 3 is 2.50 bits per heavy atom. The highest BCUT2D eigenvalue weighted by atomic mass is 35.5. The van der Waals surface area contributed by atoms with E-state index in [1.807, 2.05) is 18.2 Å². The van der Waals surface area contributed by atoms with Gasteiger partial charge in [0.15, 0.2) is 0 Å². The van der Waals surface area contributed by atoms with Crippen LogP contribution in [-0.4, -0.2) is 16.2 Å². The van der Waals surface area contributed by atoms with Crippen molar-refractivity contribution in [1.82, 2.24) is 5.16 Å². The van der Waals surface area contributed by atoms with Crippen LogP contribution in [0, 0.1) is 6.92 Å². The highest BCUT2D eigenvalue weighted by Gasteiger charge is 2.20. The topological polar surface area (TPSA) is 63.3 Å². The summed E-state index contributed by atoms with van der Waals surface area (Å²) in [4.78, 5) is 11.0. The van der Waals surface area contributed by atoms with Gasteiger partial charge in [0, 0.05) is 5.56 Å². The van der Waals surface area contributed by atoms with Crippen LogP contribution in [0.15, 0.2) is 34.9 Å². The number of carboxylic acids is 1. The summed E-state index contributed by atoms with van der Waals surface area (Å²) in [6.07, 6.45) is 0. The fourth-order valence-corrected chi connectivity index (χ4v) is 1.42. The largest absolute Gasteiger partial charge is 0.477 e. The monoisotopic (exact) mass is 239 g/mol. The van der Waals surface area contributed by atoms with Crippen LogP contribution in [0.5, 0.6) is 0 Å². The first-order valence-corrected chi connectivity index (χ1v) is 4.45. The quantitative estimate of drug-likeness (QED) is 0.875. The maximum atomic E-state index is 11.0. The third-order valence-electron chi connectivity index (χ3n) is 2.12. The Morgan fingerprint density at radius 1 is 1.31 bits per heavy atom. The standard InChI is InChI=1S/C11H9NO3.ClH/c1-7-9(11(13)14)10(12-15-7)8-5-3-2-4-6-8;/h2-6H,1H3,(H,13,14);1H. The molecule has 0 saturated carbocycles. The minimum absolute atomic E-state index is 0. The van der Waals surface area contributed by atoms with Crippen molar-refractivity contribution in [1.29, 1.82) is 0 Å². The van der Waals surface area contributed by atoms with Crippen molar-refractivity contribution in [3.8, 4) is 11.3 Å². The molecule has 0 aliphatic heterocycles. The summed E-state index contributed by atoms with van der Waals surface area (Å²) in [7, 11) is 0. The molecule has 0 spiro atoms. The van der Waals surface area contributed by atoms with Crippen LogP contribution in [0.1, 0.15) is 16.1 Å². The van der Waals surface area contributed by atoms with E-state index >= 15 is 0 Å². The number of halogens is 1. The van der Waals surface area contributed by atoms with Gasteiger partial charge in [0.25, 0.3) is 0 Å². The molecule has 0 aliphatic carbocycles. The van der Waals surface area contributed by atoms with Gasteiger partial charge in [0.1, 0.15) is 17.0 Å². The van der Waals surface area contributed by atoms with Gasteiger partial charge in [-0.05, 0) is 6.92 Å². The van der Waals surface area contributed by atoms with E-state index in [0.29, 0.717) is 11.5 Å². The van der Waals surface area contributed by atoms with E-state index in [-0.39, 0.29) is 18.0 Å². The summed E-state index contributed by atoms with van der Waals surface area (Å²) in [5.41, 5.74) is 1.24. The number of aromatic nitrogens is 1. The zero-order valence-corrected chi connectivity index (χ0v) is 9.32. The average Bonchev–Trinajstić information content (AvgIpc) is 2.61. The number of hydrogen-bond acceptors (Lipinski definition) is 3. The van der Waals surface area contributed by atoms with Crippen molar-refractivity contribution in [2.24, 2.45) is 0 Å². The molecule has 1 N–H and O–H groups in total. The zero-order valence-electron chi connectivity index (χ0n) is 8.51. The van der Waals surface area contributed by atoms with Crippen molar-refractivity contribution in [3.05, 3.63) is 41.7 Å². The van der Waals surface area contributed by atoms with Crippen LogP contribution in [0.2, 0.25) is 0 Å². The van der Waals surface area contributed by atoms with Crippen molar-refractivity contribution in [3.63, 3.8) is 0 Å². The first-order valence-electron chi connectivity index (χ1n) is 4.45. The van der Waals surface area contributed by atoms with Gasteiger partial charge in [-0.1, -0.05) is 35.5 Å². The third-order valence-corrected chi connectivity index (χ3v) is 2.12. The van der Waals surface area contributed by atoms with Crippen LogP contribution in [-0.2, 0) is 0 Å². The van der Waals surface area contributed by atoms with Gasteiger partial charge in [-0.2, -0.15) is 0 Å². The normalized spacial score (nSPS) is 9.56. The van der Waals surface area contributed by atoms with Crippen molar-refractivity contribution in [2.45, 2.75) is 6.92 Å². The van der Waals surface area contributed by atoms with Crippen molar-refractivity contribution in [2.75, 3.05) is 0 Å². The number of carboxylic acid groups (broad SMARTS) is 1. The van der Waals surface area contributed by atoms with E-state index < -0.39 is 5.97 Å². The van der Waals surface area contributed by atoms with Gasteiger partial charge >= 0.3 is 5.97 Å². The molecule has 0 atom stereocenters. The van der Waals surface area contributed by atoms with Crippen LogP contribution < -0.4 is 0 Å². The summed E-state index contributed by atoms with van der Waals surface area (Å²) in [5.74, 6) is -0.700. The van der Waals surface area contributed by atoms with Crippen molar-refractivity contribution >= 4 is 18.4 Å². The van der Waals surface area contributed by atoms with Gasteiger partial charge in [-0.15, -0.1) is 12.4 Å². The third kappa shape index (κ3) is 2.06. The van der Waals surface area contributed by atoms with Crippen LogP contribution >= 0.6 is 12.4 Å². The van der Waals surface area contributed by atoms with Gasteiger partial charge < -0.3 is 9.63 Å². The second kappa shape index (κ2) is 4.81. The molecule has 2 aromatic rings. The van der Waals surface area contributed by atoms with Gasteiger partial charge in [0.05, 0.1) is 0 Å². The molecule has 5 heteroatoms. The van der Waals surface area contributed by atoms with Crippen LogP contribution in [0.25, 0.3) is 11.3 Å². The Kier molecular flexibility index (Phi) is 3.68. The highest BCUT2D eigenvalue weighted by Crippen LogP contribution is 2.24. The molecule has 0 unspecified atom stereocenters. The molecule has 1 aromatic heterocycles. The molecule has 0 fully saturated rings. The van der Waals surface area contributed by atoms with E-state index in [1.165, 1.54) is 0 Å². The first-order chi connectivity index (χ1) is 7.20. The Labute approximate surface area is 98.3 Å². The molecule has 1 heterocycles. The Hall–Kier alpha value is -1.81. The molecule has 0 saturated heterocycles. The maximum absolute atomic E-state index is 11.0. The lowest BCUT2D eigenvalue weighted by Gasteiger charge is -1.96. The highest BCUT2D eigenvalue weighted by molar-refractivity contribution is 5.95. The van der Waals surface area contributed by atoms with Crippen molar-refractivity contribution < 1.29 is 14.4 Å². The summed E-state index contributed by atoms with van der Waals surface area (Å²) >= 11 is 0. The number of carbonyl (C=O) groups is 1. The van der Waals surface area contributed by atoms with E-state index in [1.54, 1.807) is 19.1 Å². The molecule has 4 nitrogen and oxygen atoms in total. The fraction of sp³-hybridized carbons (Fsp3) is 0.0909. The van der Waals surface area contributed by atoms with E-state index in [2.05, 4.69) is 5.16 Å². The Morgan fingerprint density at radius 2 is 1.94 bits per heavy atom. The molecule has 16 heavy (non-hydrogen) atoms. The summed E-state index contributed by atoms with van der Waals surface area (Å²) < 4.78 is 4.88. The van der Waals surface area contributed by atoms with E-state index in [4.69, 9.17) is 9.63 Å². The second-order valence-corrected chi connectivity index (χ2v) is 3.13. The Balaban J connectivity index is 0.00000128. The molecule has 2 rings (SSSR count). The lowest BCUT2D eigenvalue weighted by molar-refractivity contribution is 0.0696. The predicted molar refractivity (Wildman–Crippen MR) is 60.9 cm³/mol. The molecule has 0 radical (unpaired) electrons. The Bertz CT molecular complexity index is 493. The minimum atomic E-state index is -1.02. The zero-order chi connectivity index (χ0) is 10.8. The number of nitrogens with zero attached hydrogens (tertiary/aromatic N) is 1. The molecule has 0 aliphatic rings. The second-order valence-electron chi connectivity index (χ2n) is 3.13. The summed E-state index contributed by atoms with van der Waals surface area (Å²) in [6, 6.07) is 9.10. The van der Waals surface area contributed by atoms with Crippen LogP contribution in [0.4, 0.5) is 0 Å². The average molecular weight is 240 g/mol. The van der Waals surface area contributed by atoms with Gasteiger partial charge in [-0.25, -0.2) is 4.79 Å². The number of hydrogen-bond donors (Lipinski definition) is 1. The molecule has 84 valence electrons. The molecular formula is C11H10ClNO3. The molecule has 0 amide bonds. The number of rotatable bonds is 2. The smallest absolute Gasteiger partial charge is 0.341 e. The molecule has 1 aromatic carbocycles. The summed E-state index contributed by atoms with van der Waals surface area (Å²) in [5, 5.41) is 12.7. The molecule has 0 bridgehead atoms. The predicted octanol–water partition coefficient (Wildman–Crippen LogP) is 2.77. The lowest BCUT2D eigenvalue weighted by atomic mass is 10.1. The maximum Gasteiger partial charge on any atom is 0.341 e.